The lowest BCUT2D eigenvalue weighted by molar-refractivity contribution is -0.144. The Morgan fingerprint density at radius 1 is 1.03 bits per heavy atom. The van der Waals surface area contributed by atoms with Crippen molar-refractivity contribution in [3.63, 3.8) is 0 Å². The van der Waals surface area contributed by atoms with Gasteiger partial charge in [-0.1, -0.05) is 36.4 Å². The zero-order chi connectivity index (χ0) is 24.2. The minimum Gasteiger partial charge on any atom is -0.488 e. The Morgan fingerprint density at radius 2 is 1.73 bits per heavy atom. The summed E-state index contributed by atoms with van der Waals surface area (Å²) < 4.78 is 52.6. The van der Waals surface area contributed by atoms with Crippen LogP contribution in [0.2, 0.25) is 0 Å². The summed E-state index contributed by atoms with van der Waals surface area (Å²) in [6.45, 7) is 3.73. The summed E-state index contributed by atoms with van der Waals surface area (Å²) in [6, 6.07) is 15.4. The van der Waals surface area contributed by atoms with Gasteiger partial charge in [0.05, 0.1) is 5.52 Å². The van der Waals surface area contributed by atoms with Crippen LogP contribution in [0, 0.1) is 0 Å². The van der Waals surface area contributed by atoms with Crippen molar-refractivity contribution >= 4 is 17.0 Å². The number of benzene rings is 2. The number of aryl methyl sites for hydroxylation is 1. The molecule has 0 N–H and O–H groups in total. The van der Waals surface area contributed by atoms with E-state index in [0.717, 1.165) is 22.0 Å². The maximum Gasteiger partial charge on any atom is 0.410 e. The van der Waals surface area contributed by atoms with Crippen LogP contribution in [-0.4, -0.2) is 40.4 Å². The number of carbonyl (C=O) groups is 1. The summed E-state index contributed by atoms with van der Waals surface area (Å²) in [7, 11) is 1.87. The van der Waals surface area contributed by atoms with Crippen molar-refractivity contribution in [3.8, 4) is 5.75 Å². The van der Waals surface area contributed by atoms with E-state index in [-0.39, 0.29) is 13.0 Å². The van der Waals surface area contributed by atoms with Gasteiger partial charge in [-0.3, -0.25) is 4.90 Å². The number of fused-ring (bicyclic) bond motifs is 1. The van der Waals surface area contributed by atoms with Gasteiger partial charge in [0.15, 0.2) is 0 Å². The van der Waals surface area contributed by atoms with Gasteiger partial charge < -0.3 is 14.0 Å². The van der Waals surface area contributed by atoms with Crippen LogP contribution >= 0.6 is 0 Å². The minimum atomic E-state index is -4.53. The van der Waals surface area contributed by atoms with Crippen molar-refractivity contribution in [2.24, 2.45) is 7.05 Å². The van der Waals surface area contributed by atoms with E-state index >= 15 is 0 Å². The smallest absolute Gasteiger partial charge is 0.410 e. The predicted molar refractivity (Wildman–Crippen MR) is 121 cm³/mol. The van der Waals surface area contributed by atoms with Crippen LogP contribution in [0.15, 0.2) is 54.7 Å². The van der Waals surface area contributed by atoms with Gasteiger partial charge in [0, 0.05) is 25.2 Å². The number of nitrogens with zero attached hydrogens (tertiary/aromatic N) is 2. The summed E-state index contributed by atoms with van der Waals surface area (Å²) in [4.78, 5) is 13.1. The quantitative estimate of drug-likeness (QED) is 0.426. The molecule has 0 fully saturated rings. The molecule has 1 heterocycles. The van der Waals surface area contributed by atoms with Crippen molar-refractivity contribution in [1.82, 2.24) is 9.47 Å². The highest BCUT2D eigenvalue weighted by Crippen LogP contribution is 2.32. The van der Waals surface area contributed by atoms with Crippen molar-refractivity contribution in [1.29, 1.82) is 0 Å². The highest BCUT2D eigenvalue weighted by molar-refractivity contribution is 5.90. The van der Waals surface area contributed by atoms with Crippen LogP contribution in [0.4, 0.5) is 18.0 Å². The lowest BCUT2D eigenvalue weighted by Crippen LogP contribution is -2.43. The molecule has 0 aliphatic carbocycles. The topological polar surface area (TPSA) is 43.7 Å². The molecule has 5 nitrogen and oxygen atoms in total. The molecule has 0 saturated carbocycles. The van der Waals surface area contributed by atoms with Crippen LogP contribution in [0.3, 0.4) is 0 Å². The molecule has 0 radical (unpaired) electrons. The molecule has 1 aromatic heterocycles. The Bertz CT molecular complexity index is 1090. The first kappa shape index (κ1) is 24.5. The van der Waals surface area contributed by atoms with Crippen LogP contribution in [0.25, 0.3) is 10.9 Å². The Hall–Kier alpha value is -3.16. The third-order valence-corrected chi connectivity index (χ3v) is 4.96. The minimum absolute atomic E-state index is 0.138. The van der Waals surface area contributed by atoms with Gasteiger partial charge in [-0.05, 0) is 50.5 Å². The largest absolute Gasteiger partial charge is 0.488 e. The second-order valence-electron chi connectivity index (χ2n) is 8.96. The number of amides is 1. The molecule has 33 heavy (non-hydrogen) atoms. The van der Waals surface area contributed by atoms with E-state index in [1.54, 1.807) is 20.8 Å². The van der Waals surface area contributed by atoms with E-state index in [1.165, 1.54) is 0 Å². The summed E-state index contributed by atoms with van der Waals surface area (Å²) in [6.07, 6.45) is -3.43. The molecule has 1 amide bonds. The van der Waals surface area contributed by atoms with E-state index < -0.39 is 24.4 Å². The zero-order valence-corrected chi connectivity index (χ0v) is 19.3. The second kappa shape index (κ2) is 9.77. The van der Waals surface area contributed by atoms with Crippen LogP contribution in [0.1, 0.15) is 31.9 Å². The van der Waals surface area contributed by atoms with Gasteiger partial charge in [-0.25, -0.2) is 4.79 Å². The lowest BCUT2D eigenvalue weighted by atomic mass is 10.1. The SMILES string of the molecule is Cn1cc(CCN(CC(F)(F)F)C(=O)OC(C)(C)C)c2c(OCc3ccccc3)cccc21. The molecule has 3 rings (SSSR count). The van der Waals surface area contributed by atoms with Gasteiger partial charge in [-0.2, -0.15) is 13.2 Å². The average molecular weight is 463 g/mol. The first-order valence-corrected chi connectivity index (χ1v) is 10.7. The fourth-order valence-electron chi connectivity index (χ4n) is 3.58. The summed E-state index contributed by atoms with van der Waals surface area (Å²) >= 11 is 0. The average Bonchev–Trinajstić information content (AvgIpc) is 3.04. The van der Waals surface area contributed by atoms with E-state index in [2.05, 4.69) is 0 Å². The monoisotopic (exact) mass is 462 g/mol. The first-order chi connectivity index (χ1) is 15.4. The maximum atomic E-state index is 13.1. The molecule has 3 aromatic rings. The number of hydrogen-bond acceptors (Lipinski definition) is 3. The standard InChI is InChI=1S/C25H29F3N2O3/c1-24(2,3)33-23(31)30(17-25(26,27)28)14-13-19-15-29(4)20-11-8-12-21(22(19)20)32-16-18-9-6-5-7-10-18/h5-12,15H,13-14,16-17H2,1-4H3. The molecule has 0 atom stereocenters. The van der Waals surface area contributed by atoms with E-state index in [4.69, 9.17) is 9.47 Å². The van der Waals surface area contributed by atoms with Crippen molar-refractivity contribution in [2.45, 2.75) is 45.6 Å². The van der Waals surface area contributed by atoms with Crippen LogP contribution in [0.5, 0.6) is 5.75 Å². The molecular formula is C25H29F3N2O3. The summed E-state index contributed by atoms with van der Waals surface area (Å²) in [5.74, 6) is 0.645. The van der Waals surface area contributed by atoms with Gasteiger partial charge in [0.1, 0.15) is 24.5 Å². The Balaban J connectivity index is 1.83. The third kappa shape index (κ3) is 6.91. The van der Waals surface area contributed by atoms with E-state index in [9.17, 15) is 18.0 Å². The van der Waals surface area contributed by atoms with E-state index in [0.29, 0.717) is 17.3 Å². The highest BCUT2D eigenvalue weighted by Gasteiger charge is 2.35. The van der Waals surface area contributed by atoms with Crippen molar-refractivity contribution in [2.75, 3.05) is 13.1 Å². The lowest BCUT2D eigenvalue weighted by Gasteiger charge is -2.28. The number of aromatic nitrogens is 1. The molecule has 0 saturated heterocycles. The number of halogens is 3. The maximum absolute atomic E-state index is 13.1. The normalized spacial score (nSPS) is 12.1. The number of alkyl halides is 3. The molecule has 0 bridgehead atoms. The predicted octanol–water partition coefficient (Wildman–Crippen LogP) is 6.10. The zero-order valence-electron chi connectivity index (χ0n) is 19.3. The van der Waals surface area contributed by atoms with Crippen molar-refractivity contribution in [3.05, 3.63) is 65.9 Å². The fourth-order valence-corrected chi connectivity index (χ4v) is 3.58. The molecular weight excluding hydrogens is 433 g/mol. The molecule has 0 aliphatic rings. The Labute approximate surface area is 191 Å². The second-order valence-corrected chi connectivity index (χ2v) is 8.96. The number of carbonyl (C=O) groups excluding carboxylic acids is 1. The summed E-state index contributed by atoms with van der Waals surface area (Å²) in [5, 5.41) is 0.826. The van der Waals surface area contributed by atoms with Gasteiger partial charge in [0.2, 0.25) is 0 Å². The Kier molecular flexibility index (Phi) is 7.25. The molecule has 8 heteroatoms. The number of hydrogen-bond donors (Lipinski definition) is 0. The number of rotatable bonds is 7. The van der Waals surface area contributed by atoms with Gasteiger partial charge >= 0.3 is 12.3 Å². The number of ether oxygens (including phenoxy) is 2. The first-order valence-electron chi connectivity index (χ1n) is 10.7. The highest BCUT2D eigenvalue weighted by atomic mass is 19.4. The van der Waals surface area contributed by atoms with E-state index in [1.807, 2.05) is 66.3 Å². The molecule has 0 aliphatic heterocycles. The van der Waals surface area contributed by atoms with Crippen molar-refractivity contribution < 1.29 is 27.4 Å². The molecule has 0 unspecified atom stereocenters. The Morgan fingerprint density at radius 3 is 2.36 bits per heavy atom. The molecule has 178 valence electrons. The molecule has 2 aromatic carbocycles. The third-order valence-electron chi connectivity index (χ3n) is 4.96. The molecule has 0 spiro atoms. The van der Waals surface area contributed by atoms with Gasteiger partial charge in [0.25, 0.3) is 0 Å². The summed E-state index contributed by atoms with van der Waals surface area (Å²) in [5.41, 5.74) is 1.81. The van der Waals surface area contributed by atoms with Gasteiger partial charge in [-0.15, -0.1) is 0 Å². The van der Waals surface area contributed by atoms with Crippen LogP contribution < -0.4 is 4.74 Å². The fraction of sp³-hybridized carbons (Fsp3) is 0.400. The van der Waals surface area contributed by atoms with Crippen LogP contribution in [-0.2, 0) is 24.8 Å².